The number of hydrogen-bond donors (Lipinski definition) is 1. The molecule has 2 bridgehead atoms. The van der Waals surface area contributed by atoms with Gasteiger partial charge in [-0.1, -0.05) is 24.3 Å². The van der Waals surface area contributed by atoms with Crippen molar-refractivity contribution in [2.75, 3.05) is 27.5 Å². The van der Waals surface area contributed by atoms with Crippen molar-refractivity contribution in [2.24, 2.45) is 11.3 Å². The Kier molecular flexibility index (Phi) is 3.20. The second-order valence-electron chi connectivity index (χ2n) is 7.79. The molecule has 5 nitrogen and oxygen atoms in total. The summed E-state index contributed by atoms with van der Waals surface area (Å²) >= 11 is 0. The number of methoxy groups -OCH3 is 1. The van der Waals surface area contributed by atoms with E-state index >= 15 is 0 Å². The van der Waals surface area contributed by atoms with Gasteiger partial charge in [-0.25, -0.2) is 0 Å². The number of nitrogens with zero attached hydrogens (tertiary/aromatic N) is 1. The molecule has 2 heterocycles. The Morgan fingerprint density at radius 1 is 1.42 bits per heavy atom. The zero-order chi connectivity index (χ0) is 16.5. The zero-order valence-corrected chi connectivity index (χ0v) is 14.3. The van der Waals surface area contributed by atoms with Gasteiger partial charge in [0.25, 0.3) is 0 Å². The average Bonchev–Trinajstić information content (AvgIpc) is 2.89. The summed E-state index contributed by atoms with van der Waals surface area (Å²) in [5, 5.41) is 10.7. The van der Waals surface area contributed by atoms with Gasteiger partial charge in [-0.05, 0) is 32.0 Å². The first-order chi connectivity index (χ1) is 11.6. The summed E-state index contributed by atoms with van der Waals surface area (Å²) in [7, 11) is 3.85. The van der Waals surface area contributed by atoms with Crippen LogP contribution in [0.3, 0.4) is 0 Å². The van der Waals surface area contributed by atoms with Crippen LogP contribution in [0.5, 0.6) is 0 Å². The summed E-state index contributed by atoms with van der Waals surface area (Å²) in [6, 6.07) is 0.466. The van der Waals surface area contributed by atoms with Gasteiger partial charge >= 0.3 is 0 Å². The third-order valence-corrected chi connectivity index (χ3v) is 6.82. The Balaban J connectivity index is 1.72. The van der Waals surface area contributed by atoms with Gasteiger partial charge in [-0.15, -0.1) is 0 Å². The number of ether oxygens (including phenoxy) is 3. The predicted octanol–water partition coefficient (Wildman–Crippen LogP) is 1.60. The van der Waals surface area contributed by atoms with Crippen LogP contribution in [0.4, 0.5) is 0 Å². The molecule has 24 heavy (non-hydrogen) atoms. The number of hydrogen-bond acceptors (Lipinski definition) is 5. The van der Waals surface area contributed by atoms with Crippen LogP contribution < -0.4 is 0 Å². The van der Waals surface area contributed by atoms with Crippen molar-refractivity contribution in [1.29, 1.82) is 0 Å². The number of piperidine rings is 1. The lowest BCUT2D eigenvalue weighted by Crippen LogP contribution is -2.61. The van der Waals surface area contributed by atoms with E-state index in [1.54, 1.807) is 7.11 Å². The summed E-state index contributed by atoms with van der Waals surface area (Å²) in [6.07, 6.45) is 10.5. The van der Waals surface area contributed by atoms with Gasteiger partial charge in [0, 0.05) is 36.5 Å². The molecule has 5 rings (SSSR count). The lowest BCUT2D eigenvalue weighted by Gasteiger charge is -2.57. The molecular weight excluding hydrogens is 306 g/mol. The molecule has 0 aromatic heterocycles. The maximum absolute atomic E-state index is 10.7. The maximum Gasteiger partial charge on any atom is 0.198 e. The quantitative estimate of drug-likeness (QED) is 0.629. The van der Waals surface area contributed by atoms with Crippen LogP contribution in [0.15, 0.2) is 35.5 Å². The molecule has 1 unspecified atom stereocenters. The van der Waals surface area contributed by atoms with Gasteiger partial charge in [0.15, 0.2) is 5.79 Å². The average molecular weight is 331 g/mol. The van der Waals surface area contributed by atoms with Crippen LogP contribution in [-0.2, 0) is 14.2 Å². The second-order valence-corrected chi connectivity index (χ2v) is 7.79. The van der Waals surface area contributed by atoms with Crippen molar-refractivity contribution in [2.45, 2.75) is 43.3 Å². The minimum Gasteiger partial charge on any atom is -0.386 e. The highest BCUT2D eigenvalue weighted by atomic mass is 16.8. The largest absolute Gasteiger partial charge is 0.386 e. The van der Waals surface area contributed by atoms with Crippen molar-refractivity contribution in [3.63, 3.8) is 0 Å². The first kappa shape index (κ1) is 15.3. The predicted molar refractivity (Wildman–Crippen MR) is 88.1 cm³/mol. The van der Waals surface area contributed by atoms with Gasteiger partial charge in [0.2, 0.25) is 0 Å². The standard InChI is InChI=1S/C19H25NO4/c1-20-9-8-18-13-5-6-15(21)17(18)24-19(23-11-22-2)7-3-4-12(16(18)19)10-14(13)20/h3-6,13-15,17,21H,7-11H2,1-2H3/t13-,14+,15-,17-,18-,19?/m0/s1. The Labute approximate surface area is 142 Å². The lowest BCUT2D eigenvalue weighted by molar-refractivity contribution is -0.253. The Hall–Kier alpha value is -0.980. The van der Waals surface area contributed by atoms with E-state index in [1.165, 1.54) is 11.1 Å². The van der Waals surface area contributed by atoms with Crippen LogP contribution in [0.1, 0.15) is 19.3 Å². The van der Waals surface area contributed by atoms with Gasteiger partial charge in [0.1, 0.15) is 12.9 Å². The number of rotatable bonds is 3. The highest BCUT2D eigenvalue weighted by Gasteiger charge is 2.70. The third kappa shape index (κ3) is 1.67. The first-order valence-electron chi connectivity index (χ1n) is 8.90. The normalized spacial score (nSPS) is 48.8. The molecule has 0 amide bonds. The van der Waals surface area contributed by atoms with Crippen LogP contribution >= 0.6 is 0 Å². The summed E-state index contributed by atoms with van der Waals surface area (Å²) < 4.78 is 17.9. The van der Waals surface area contributed by atoms with Crippen molar-refractivity contribution in [3.05, 3.63) is 35.5 Å². The molecule has 5 heteroatoms. The van der Waals surface area contributed by atoms with E-state index in [4.69, 9.17) is 14.2 Å². The molecule has 130 valence electrons. The number of aliphatic hydroxyl groups is 1. The van der Waals surface area contributed by atoms with Gasteiger partial charge in [0.05, 0.1) is 6.10 Å². The minimum atomic E-state index is -0.767. The minimum absolute atomic E-state index is 0.141. The van der Waals surface area contributed by atoms with Crippen molar-refractivity contribution in [1.82, 2.24) is 4.90 Å². The number of likely N-dealkylation sites (tertiary alicyclic amines) is 1. The topological polar surface area (TPSA) is 51.2 Å². The van der Waals surface area contributed by atoms with Crippen LogP contribution in [0.25, 0.3) is 0 Å². The molecule has 0 aromatic carbocycles. The maximum atomic E-state index is 10.7. The molecule has 0 radical (unpaired) electrons. The van der Waals surface area contributed by atoms with E-state index in [0.717, 1.165) is 19.4 Å². The zero-order valence-electron chi connectivity index (χ0n) is 14.3. The highest BCUT2D eigenvalue weighted by Crippen LogP contribution is 2.67. The van der Waals surface area contributed by atoms with E-state index < -0.39 is 11.9 Å². The number of allylic oxidation sites excluding steroid dienone is 1. The summed E-state index contributed by atoms with van der Waals surface area (Å²) in [5.41, 5.74) is 2.49. The Morgan fingerprint density at radius 3 is 3.12 bits per heavy atom. The molecule has 5 aliphatic rings. The van der Waals surface area contributed by atoms with Crippen LogP contribution in [-0.4, -0.2) is 61.5 Å². The third-order valence-electron chi connectivity index (χ3n) is 6.82. The van der Waals surface area contributed by atoms with E-state index in [1.807, 2.05) is 6.08 Å². The fourth-order valence-corrected chi connectivity index (χ4v) is 5.94. The fraction of sp³-hybridized carbons (Fsp3) is 0.684. The van der Waals surface area contributed by atoms with Crippen molar-refractivity contribution in [3.8, 4) is 0 Å². The van der Waals surface area contributed by atoms with Gasteiger partial charge in [-0.3, -0.25) is 0 Å². The second kappa shape index (κ2) is 5.02. The van der Waals surface area contributed by atoms with Gasteiger partial charge < -0.3 is 24.2 Å². The highest BCUT2D eigenvalue weighted by molar-refractivity contribution is 5.50. The van der Waals surface area contributed by atoms with Crippen molar-refractivity contribution >= 4 is 0 Å². The summed E-state index contributed by atoms with van der Waals surface area (Å²) in [4.78, 5) is 2.47. The van der Waals surface area contributed by atoms with Crippen LogP contribution in [0.2, 0.25) is 0 Å². The lowest BCUT2D eigenvalue weighted by atomic mass is 9.51. The smallest absolute Gasteiger partial charge is 0.198 e. The van der Waals surface area contributed by atoms with Crippen molar-refractivity contribution < 1.29 is 19.3 Å². The molecule has 6 atom stereocenters. The molecule has 2 fully saturated rings. The fourth-order valence-electron chi connectivity index (χ4n) is 5.94. The monoisotopic (exact) mass is 331 g/mol. The molecule has 1 N–H and O–H groups in total. The Morgan fingerprint density at radius 2 is 2.29 bits per heavy atom. The van der Waals surface area contributed by atoms with E-state index in [2.05, 4.69) is 30.2 Å². The summed E-state index contributed by atoms with van der Waals surface area (Å²) in [5.74, 6) is -0.389. The van der Waals surface area contributed by atoms with E-state index in [-0.39, 0.29) is 18.3 Å². The van der Waals surface area contributed by atoms with E-state index in [9.17, 15) is 5.11 Å². The molecular formula is C19H25NO4. The summed E-state index contributed by atoms with van der Waals surface area (Å²) in [6.45, 7) is 1.23. The molecule has 2 saturated heterocycles. The molecule has 2 aliphatic heterocycles. The number of aliphatic hydroxyl groups excluding tert-OH is 1. The van der Waals surface area contributed by atoms with Crippen LogP contribution in [0, 0.1) is 11.3 Å². The van der Waals surface area contributed by atoms with Gasteiger partial charge in [-0.2, -0.15) is 0 Å². The molecule has 0 aromatic rings. The Bertz CT molecular complexity index is 656. The van der Waals surface area contributed by atoms with E-state index in [0.29, 0.717) is 18.4 Å². The first-order valence-corrected chi connectivity index (χ1v) is 8.90. The molecule has 0 saturated carbocycles. The molecule has 3 aliphatic carbocycles. The molecule has 1 spiro atoms. The SMILES string of the molecule is COCOC12CC=CC3=C1[C@]14CCN(C)[C@H](C3)[C@@H]1C=C[C@H](O)[C@@H]4O2.